The first-order chi connectivity index (χ1) is 26.3. The second-order valence-corrected chi connectivity index (χ2v) is 16.0. The lowest BCUT2D eigenvalue weighted by Crippen LogP contribution is -2.53. The average molecular weight is 856 g/mol. The lowest BCUT2D eigenvalue weighted by molar-refractivity contribution is -0.141. The third kappa shape index (κ3) is 6.43. The second-order valence-electron chi connectivity index (χ2n) is 14.3. The van der Waals surface area contributed by atoms with Crippen molar-refractivity contribution in [3.63, 3.8) is 0 Å². The third-order valence-corrected chi connectivity index (χ3v) is 12.7. The summed E-state index contributed by atoms with van der Waals surface area (Å²) in [5.74, 6) is -6.13. The van der Waals surface area contributed by atoms with Gasteiger partial charge in [-0.25, -0.2) is 0 Å². The molecule has 55 heavy (non-hydrogen) atoms. The Hall–Kier alpha value is -4.59. The Morgan fingerprint density at radius 2 is 1.69 bits per heavy atom. The molecule has 3 N–H and O–H groups in total. The van der Waals surface area contributed by atoms with Crippen LogP contribution in [-0.4, -0.2) is 70.5 Å². The number of rotatable bonds is 12. The van der Waals surface area contributed by atoms with Crippen LogP contribution >= 0.6 is 39.1 Å². The predicted octanol–water partition coefficient (Wildman–Crippen LogP) is 7.11. The van der Waals surface area contributed by atoms with Gasteiger partial charge in [-0.2, -0.15) is 5.01 Å². The van der Waals surface area contributed by atoms with Gasteiger partial charge in [0.05, 0.1) is 52.6 Å². The van der Waals surface area contributed by atoms with Crippen LogP contribution in [0.5, 0.6) is 17.2 Å². The molecule has 15 heteroatoms. The first-order valence-corrected chi connectivity index (χ1v) is 19.5. The van der Waals surface area contributed by atoms with E-state index >= 15 is 4.79 Å². The number of allylic oxidation sites excluding steroid dienone is 2. The van der Waals surface area contributed by atoms with Gasteiger partial charge in [-0.1, -0.05) is 53.4 Å². The molecule has 3 fully saturated rings. The van der Waals surface area contributed by atoms with Gasteiger partial charge in [-0.3, -0.25) is 34.3 Å². The number of carbonyl (C=O) groups excluding carboxylic acids is 4. The van der Waals surface area contributed by atoms with Crippen molar-refractivity contribution >= 4 is 74.4 Å². The molecule has 4 amide bonds. The molecule has 0 spiro atoms. The van der Waals surface area contributed by atoms with E-state index < -0.39 is 52.8 Å². The van der Waals surface area contributed by atoms with Crippen molar-refractivity contribution in [2.45, 2.75) is 49.9 Å². The number of fused-ring (bicyclic) bond motifs is 4. The number of carboxylic acids is 1. The van der Waals surface area contributed by atoms with Gasteiger partial charge in [0.15, 0.2) is 11.5 Å². The number of nitrogens with zero attached hydrogens (tertiary/aromatic N) is 2. The number of benzene rings is 3. The zero-order chi connectivity index (χ0) is 39.3. The minimum absolute atomic E-state index is 0.00221. The highest BCUT2D eigenvalue weighted by atomic mass is 79.9. The van der Waals surface area contributed by atoms with Crippen LogP contribution in [0, 0.1) is 23.7 Å². The topological polar surface area (TPSA) is 163 Å². The molecule has 0 bridgehead atoms. The maximum Gasteiger partial charge on any atom is 0.303 e. The monoisotopic (exact) mass is 853 g/mol. The van der Waals surface area contributed by atoms with Gasteiger partial charge in [0, 0.05) is 23.9 Å². The van der Waals surface area contributed by atoms with Crippen molar-refractivity contribution in [1.82, 2.24) is 9.91 Å². The molecule has 6 unspecified atom stereocenters. The van der Waals surface area contributed by atoms with E-state index in [9.17, 15) is 24.3 Å². The van der Waals surface area contributed by atoms with Crippen LogP contribution in [0.3, 0.4) is 0 Å². The minimum Gasteiger partial charge on any atom is -0.503 e. The molecule has 12 nitrogen and oxygen atoms in total. The number of anilines is 1. The highest BCUT2D eigenvalue weighted by molar-refractivity contribution is 9.10. The quantitative estimate of drug-likeness (QED) is 0.0973. The number of aromatic hydroxyl groups is 1. The summed E-state index contributed by atoms with van der Waals surface area (Å²) in [4.78, 5) is 70.9. The number of hydrogen-bond donors (Lipinski definition) is 3. The number of likely N-dealkylation sites (tertiary alicyclic amines) is 1. The standard InChI is InChI=1S/C40H38BrCl2N3O9/c1-54-23-10-7-21(8-11-23)40-27(37(51)46(39(40)53)44-30-14-9-22(42)18-29(30)43)19-26-24(34(40)20-16-28(41)35(49)31(17-20)55-2)12-13-25-33(26)38(52)45(36(25)50)15-5-3-4-6-32(47)48/h7-12,14,16-18,25-27,33-34,44,49H,3-6,13,15,19H2,1-2H3,(H,47,48). The van der Waals surface area contributed by atoms with Crippen molar-refractivity contribution < 1.29 is 43.7 Å². The third-order valence-electron chi connectivity index (χ3n) is 11.5. The van der Waals surface area contributed by atoms with Crippen molar-refractivity contribution in [1.29, 1.82) is 0 Å². The normalized spacial score (nSPS) is 25.7. The molecule has 288 valence electrons. The fourth-order valence-electron chi connectivity index (χ4n) is 9.14. The zero-order valence-electron chi connectivity index (χ0n) is 29.9. The molecule has 6 atom stereocenters. The molecule has 2 saturated heterocycles. The van der Waals surface area contributed by atoms with Gasteiger partial charge >= 0.3 is 5.97 Å². The van der Waals surface area contributed by atoms with Gasteiger partial charge in [0.2, 0.25) is 11.8 Å². The predicted molar refractivity (Wildman–Crippen MR) is 206 cm³/mol. The lowest BCUT2D eigenvalue weighted by atomic mass is 9.49. The average Bonchev–Trinajstić information content (AvgIpc) is 3.53. The number of carbonyl (C=O) groups is 5. The molecule has 2 heterocycles. The molecule has 2 aliphatic carbocycles. The Labute approximate surface area is 335 Å². The van der Waals surface area contributed by atoms with Gasteiger partial charge in [0.25, 0.3) is 11.8 Å². The summed E-state index contributed by atoms with van der Waals surface area (Å²) in [6, 6.07) is 14.9. The lowest BCUT2D eigenvalue weighted by Gasteiger charge is -2.50. The van der Waals surface area contributed by atoms with E-state index in [0.29, 0.717) is 45.6 Å². The number of aliphatic carboxylic acids is 1. The van der Waals surface area contributed by atoms with Crippen LogP contribution in [0.4, 0.5) is 5.69 Å². The number of imide groups is 2. The number of carboxylic acid groups (broad SMARTS) is 1. The molecular formula is C40H38BrCl2N3O9. The Morgan fingerprint density at radius 3 is 2.36 bits per heavy atom. The molecule has 3 aromatic carbocycles. The van der Waals surface area contributed by atoms with E-state index in [1.165, 1.54) is 25.2 Å². The Morgan fingerprint density at radius 1 is 0.945 bits per heavy atom. The summed E-state index contributed by atoms with van der Waals surface area (Å²) in [5.41, 5.74) is 3.44. The van der Waals surface area contributed by atoms with E-state index in [0.717, 1.165) is 10.6 Å². The van der Waals surface area contributed by atoms with Crippen molar-refractivity contribution in [3.05, 3.63) is 91.9 Å². The van der Waals surface area contributed by atoms with E-state index in [-0.39, 0.29) is 59.8 Å². The first kappa shape index (κ1) is 38.7. The summed E-state index contributed by atoms with van der Waals surface area (Å²) < 4.78 is 11.3. The number of amides is 4. The summed E-state index contributed by atoms with van der Waals surface area (Å²) in [6.45, 7) is 0.161. The molecular weight excluding hydrogens is 817 g/mol. The smallest absolute Gasteiger partial charge is 0.303 e. The van der Waals surface area contributed by atoms with Crippen LogP contribution < -0.4 is 14.9 Å². The van der Waals surface area contributed by atoms with E-state index in [4.69, 9.17) is 37.8 Å². The fourth-order valence-corrected chi connectivity index (χ4v) is 10.1. The van der Waals surface area contributed by atoms with Crippen LogP contribution in [0.15, 0.2) is 70.7 Å². The fraction of sp³-hybridized carbons (Fsp3) is 0.375. The maximum absolute atomic E-state index is 15.4. The van der Waals surface area contributed by atoms with Gasteiger partial charge in [0.1, 0.15) is 5.75 Å². The molecule has 7 rings (SSSR count). The number of unbranched alkanes of at least 4 members (excludes halogenated alkanes) is 2. The van der Waals surface area contributed by atoms with Gasteiger partial charge < -0.3 is 19.7 Å². The van der Waals surface area contributed by atoms with E-state index in [1.54, 1.807) is 48.5 Å². The highest BCUT2D eigenvalue weighted by Gasteiger charge is 2.70. The zero-order valence-corrected chi connectivity index (χ0v) is 33.0. The Bertz CT molecular complexity index is 2130. The molecule has 1 saturated carbocycles. The summed E-state index contributed by atoms with van der Waals surface area (Å²) >= 11 is 16.2. The summed E-state index contributed by atoms with van der Waals surface area (Å²) in [6.07, 6.45) is 3.68. The van der Waals surface area contributed by atoms with Crippen molar-refractivity contribution in [2.75, 3.05) is 26.2 Å². The molecule has 4 aliphatic rings. The van der Waals surface area contributed by atoms with Crippen molar-refractivity contribution in [2.24, 2.45) is 23.7 Å². The summed E-state index contributed by atoms with van der Waals surface area (Å²) in [5, 5.41) is 21.5. The number of nitrogens with one attached hydrogen (secondary N) is 1. The summed E-state index contributed by atoms with van der Waals surface area (Å²) in [7, 11) is 2.94. The van der Waals surface area contributed by atoms with E-state index in [1.807, 2.05) is 6.08 Å². The van der Waals surface area contributed by atoms with Crippen molar-refractivity contribution in [3.8, 4) is 17.2 Å². The largest absolute Gasteiger partial charge is 0.503 e. The Balaban J connectivity index is 1.39. The number of methoxy groups -OCH3 is 2. The Kier molecular flexibility index (Phi) is 10.7. The number of phenolic OH excluding ortho intramolecular Hbond substituents is 1. The van der Waals surface area contributed by atoms with Gasteiger partial charge in [-0.05, 0) is 101 Å². The minimum atomic E-state index is -1.60. The second kappa shape index (κ2) is 15.2. The van der Waals surface area contributed by atoms with Crippen LogP contribution in [0.2, 0.25) is 10.0 Å². The SMILES string of the molecule is COc1ccc(C23C(=O)N(Nc4ccc(Cl)cc4Cl)C(=O)C2CC2C(=CCC4C(=O)N(CCCCCC(=O)O)C(=O)C42)C3c2cc(Br)c(O)c(OC)c2)cc1. The maximum atomic E-state index is 15.4. The van der Waals surface area contributed by atoms with E-state index in [2.05, 4.69) is 21.4 Å². The molecule has 3 aromatic rings. The first-order valence-electron chi connectivity index (χ1n) is 17.9. The van der Waals surface area contributed by atoms with Crippen LogP contribution in [-0.2, 0) is 29.4 Å². The number of phenols is 1. The molecule has 0 radical (unpaired) electrons. The molecule has 2 aliphatic heterocycles. The number of halogens is 3. The van der Waals surface area contributed by atoms with Gasteiger partial charge in [-0.15, -0.1) is 0 Å². The number of hydrogen-bond acceptors (Lipinski definition) is 9. The highest BCUT2D eigenvalue weighted by Crippen LogP contribution is 2.64. The molecule has 0 aromatic heterocycles. The van der Waals surface area contributed by atoms with Crippen LogP contribution in [0.25, 0.3) is 0 Å². The number of ether oxygens (including phenoxy) is 2. The van der Waals surface area contributed by atoms with Crippen LogP contribution in [0.1, 0.15) is 55.6 Å². The number of hydrazine groups is 1.